The van der Waals surface area contributed by atoms with Gasteiger partial charge in [-0.05, 0) is 60.2 Å². The molecule has 1 aliphatic heterocycles. The predicted molar refractivity (Wildman–Crippen MR) is 98.6 cm³/mol. The highest BCUT2D eigenvalue weighted by Gasteiger charge is 2.17. The molecule has 0 unspecified atom stereocenters. The molecule has 0 fully saturated rings. The summed E-state index contributed by atoms with van der Waals surface area (Å²) < 4.78 is 5.68. The molecule has 0 atom stereocenters. The molecule has 6 heteroatoms. The van der Waals surface area contributed by atoms with Gasteiger partial charge in [0.25, 0.3) is 5.91 Å². The first kappa shape index (κ1) is 17.8. The van der Waals surface area contributed by atoms with Crippen LogP contribution in [0.15, 0.2) is 72.5 Å². The molecule has 1 heterocycles. The third-order valence-corrected chi connectivity index (χ3v) is 4.10. The van der Waals surface area contributed by atoms with Crippen molar-refractivity contribution in [2.75, 3.05) is 13.2 Å². The number of halogens is 1. The molecule has 5 nitrogen and oxygen atoms in total. The van der Waals surface area contributed by atoms with Crippen LogP contribution in [-0.2, 0) is 0 Å². The SMILES string of the molecule is O=C(O)c1ccc(OCC2=CC=CN(C(=O)c3ccc(Cl)cc3)C2)cc1. The van der Waals surface area contributed by atoms with Crippen LogP contribution in [0.25, 0.3) is 0 Å². The Bertz CT molecular complexity index is 870. The second-order valence-electron chi connectivity index (χ2n) is 5.72. The first-order valence-corrected chi connectivity index (χ1v) is 8.29. The fraction of sp³-hybridized carbons (Fsp3) is 0.100. The molecule has 1 aliphatic rings. The lowest BCUT2D eigenvalue weighted by atomic mass is 10.1. The van der Waals surface area contributed by atoms with Gasteiger partial charge in [-0.15, -0.1) is 0 Å². The van der Waals surface area contributed by atoms with Crippen molar-refractivity contribution < 1.29 is 19.4 Å². The largest absolute Gasteiger partial charge is 0.489 e. The van der Waals surface area contributed by atoms with Gasteiger partial charge >= 0.3 is 5.97 Å². The van der Waals surface area contributed by atoms with Crippen molar-refractivity contribution in [1.82, 2.24) is 4.90 Å². The van der Waals surface area contributed by atoms with Crippen molar-refractivity contribution in [2.45, 2.75) is 0 Å². The zero-order valence-electron chi connectivity index (χ0n) is 13.8. The minimum atomic E-state index is -0.979. The van der Waals surface area contributed by atoms with Crippen molar-refractivity contribution in [3.8, 4) is 5.75 Å². The monoisotopic (exact) mass is 369 g/mol. The van der Waals surface area contributed by atoms with E-state index in [4.69, 9.17) is 21.4 Å². The van der Waals surface area contributed by atoms with E-state index in [2.05, 4.69) is 0 Å². The summed E-state index contributed by atoms with van der Waals surface area (Å²) in [6, 6.07) is 12.9. The highest BCUT2D eigenvalue weighted by atomic mass is 35.5. The number of carboxylic acids is 1. The van der Waals surface area contributed by atoms with Crippen LogP contribution < -0.4 is 4.74 Å². The third kappa shape index (κ3) is 4.32. The highest BCUT2D eigenvalue weighted by molar-refractivity contribution is 6.30. The van der Waals surface area contributed by atoms with Crippen LogP contribution in [0.2, 0.25) is 5.02 Å². The van der Waals surface area contributed by atoms with Crippen LogP contribution in [0, 0.1) is 0 Å². The number of aromatic carboxylic acids is 1. The molecule has 1 amide bonds. The van der Waals surface area contributed by atoms with Gasteiger partial charge in [0.2, 0.25) is 0 Å². The summed E-state index contributed by atoms with van der Waals surface area (Å²) in [5, 5.41) is 9.48. The van der Waals surface area contributed by atoms with Gasteiger partial charge in [-0.3, -0.25) is 4.79 Å². The zero-order chi connectivity index (χ0) is 18.5. The van der Waals surface area contributed by atoms with Gasteiger partial charge in [-0.2, -0.15) is 0 Å². The summed E-state index contributed by atoms with van der Waals surface area (Å²) in [6.45, 7) is 0.728. The Morgan fingerprint density at radius 2 is 1.69 bits per heavy atom. The quantitative estimate of drug-likeness (QED) is 0.864. The molecule has 0 saturated carbocycles. The van der Waals surface area contributed by atoms with E-state index in [1.54, 1.807) is 53.6 Å². The van der Waals surface area contributed by atoms with E-state index < -0.39 is 5.97 Å². The molecular weight excluding hydrogens is 354 g/mol. The second kappa shape index (κ2) is 7.89. The maximum atomic E-state index is 12.5. The van der Waals surface area contributed by atoms with Crippen molar-refractivity contribution in [1.29, 1.82) is 0 Å². The number of nitrogens with zero attached hydrogens (tertiary/aromatic N) is 1. The summed E-state index contributed by atoms with van der Waals surface area (Å²) in [7, 11) is 0. The van der Waals surface area contributed by atoms with E-state index in [1.165, 1.54) is 12.1 Å². The molecule has 2 aromatic carbocycles. The van der Waals surface area contributed by atoms with Gasteiger partial charge in [0, 0.05) is 16.8 Å². The molecule has 132 valence electrons. The Morgan fingerprint density at radius 3 is 2.35 bits per heavy atom. The standard InChI is InChI=1S/C20H16ClNO4/c21-17-7-3-15(4-8-17)19(23)22-11-1-2-14(12-22)13-26-18-9-5-16(6-10-18)20(24)25/h1-11H,12-13H2,(H,24,25). The fourth-order valence-corrected chi connectivity index (χ4v) is 2.59. The van der Waals surface area contributed by atoms with Crippen LogP contribution in [0.3, 0.4) is 0 Å². The minimum Gasteiger partial charge on any atom is -0.489 e. The Kier molecular flexibility index (Phi) is 5.39. The number of benzene rings is 2. The lowest BCUT2D eigenvalue weighted by molar-refractivity contribution is 0.0696. The van der Waals surface area contributed by atoms with E-state index in [-0.39, 0.29) is 11.5 Å². The van der Waals surface area contributed by atoms with Crippen LogP contribution in [0.4, 0.5) is 0 Å². The number of carbonyl (C=O) groups excluding carboxylic acids is 1. The highest BCUT2D eigenvalue weighted by Crippen LogP contribution is 2.17. The summed E-state index contributed by atoms with van der Waals surface area (Å²) in [6.07, 6.45) is 5.42. The van der Waals surface area contributed by atoms with Crippen molar-refractivity contribution in [3.63, 3.8) is 0 Å². The van der Waals surface area contributed by atoms with E-state index in [0.29, 0.717) is 29.5 Å². The molecule has 0 saturated heterocycles. The summed E-state index contributed by atoms with van der Waals surface area (Å²) in [5.74, 6) is -0.525. The van der Waals surface area contributed by atoms with Gasteiger partial charge < -0.3 is 14.7 Å². The van der Waals surface area contributed by atoms with Gasteiger partial charge in [0.05, 0.1) is 12.1 Å². The summed E-state index contributed by atoms with van der Waals surface area (Å²) >= 11 is 5.85. The smallest absolute Gasteiger partial charge is 0.335 e. The number of hydrogen-bond acceptors (Lipinski definition) is 3. The molecule has 0 radical (unpaired) electrons. The van der Waals surface area contributed by atoms with E-state index in [9.17, 15) is 9.59 Å². The predicted octanol–water partition coefficient (Wildman–Crippen LogP) is 4.01. The molecule has 0 spiro atoms. The van der Waals surface area contributed by atoms with Gasteiger partial charge in [0.15, 0.2) is 0 Å². The molecule has 0 aromatic heterocycles. The normalized spacial score (nSPS) is 13.3. The summed E-state index contributed by atoms with van der Waals surface area (Å²) in [5.41, 5.74) is 1.69. The Labute approximate surface area is 155 Å². The van der Waals surface area contributed by atoms with Crippen LogP contribution in [-0.4, -0.2) is 35.0 Å². The topological polar surface area (TPSA) is 66.8 Å². The zero-order valence-corrected chi connectivity index (χ0v) is 14.5. The minimum absolute atomic E-state index is 0.116. The van der Waals surface area contributed by atoms with Crippen molar-refractivity contribution in [2.24, 2.45) is 0 Å². The summed E-state index contributed by atoms with van der Waals surface area (Å²) in [4.78, 5) is 25.0. The number of amides is 1. The maximum Gasteiger partial charge on any atom is 0.335 e. The maximum absolute atomic E-state index is 12.5. The molecule has 0 aliphatic carbocycles. The number of ether oxygens (including phenoxy) is 1. The molecular formula is C20H16ClNO4. The molecule has 0 bridgehead atoms. The van der Waals surface area contributed by atoms with Crippen LogP contribution >= 0.6 is 11.6 Å². The Hall–Kier alpha value is -3.05. The van der Waals surface area contributed by atoms with Crippen molar-refractivity contribution in [3.05, 3.63) is 88.6 Å². The fourth-order valence-electron chi connectivity index (χ4n) is 2.47. The second-order valence-corrected chi connectivity index (χ2v) is 6.16. The van der Waals surface area contributed by atoms with Gasteiger partial charge in [0.1, 0.15) is 12.4 Å². The first-order chi connectivity index (χ1) is 12.5. The first-order valence-electron chi connectivity index (χ1n) is 7.92. The molecule has 2 aromatic rings. The number of carbonyl (C=O) groups is 2. The average Bonchev–Trinajstić information content (AvgIpc) is 2.67. The number of rotatable bonds is 5. The third-order valence-electron chi connectivity index (χ3n) is 3.85. The van der Waals surface area contributed by atoms with E-state index >= 15 is 0 Å². The van der Waals surface area contributed by atoms with Crippen LogP contribution in [0.1, 0.15) is 20.7 Å². The number of carboxylic acid groups (broad SMARTS) is 1. The van der Waals surface area contributed by atoms with E-state index in [0.717, 1.165) is 5.57 Å². The van der Waals surface area contributed by atoms with Crippen molar-refractivity contribution >= 4 is 23.5 Å². The van der Waals surface area contributed by atoms with E-state index in [1.807, 2.05) is 6.08 Å². The van der Waals surface area contributed by atoms with Crippen LogP contribution in [0.5, 0.6) is 5.75 Å². The molecule has 3 rings (SSSR count). The van der Waals surface area contributed by atoms with Gasteiger partial charge in [-0.1, -0.05) is 17.7 Å². The molecule has 26 heavy (non-hydrogen) atoms. The van der Waals surface area contributed by atoms with Gasteiger partial charge in [-0.25, -0.2) is 4.79 Å². The lowest BCUT2D eigenvalue weighted by Crippen LogP contribution is -2.30. The average molecular weight is 370 g/mol. The Morgan fingerprint density at radius 1 is 1.04 bits per heavy atom. The number of hydrogen-bond donors (Lipinski definition) is 1. The number of allylic oxidation sites excluding steroid dienone is 2. The Balaban J connectivity index is 1.59. The molecule has 1 N–H and O–H groups in total. The lowest BCUT2D eigenvalue weighted by Gasteiger charge is -2.23.